The van der Waals surface area contributed by atoms with Crippen LogP contribution in [0.3, 0.4) is 0 Å². The number of esters is 1. The van der Waals surface area contributed by atoms with Gasteiger partial charge in [0.2, 0.25) is 0 Å². The number of methoxy groups -OCH3 is 1. The zero-order chi connectivity index (χ0) is 18.4. The van der Waals surface area contributed by atoms with E-state index in [1.54, 1.807) is 37.4 Å². The SMILES string of the molecule is CCC(OC(=O)c1cccnc1)C(=O)Nc1cc(C)c(Cl)cc1OC. The summed E-state index contributed by atoms with van der Waals surface area (Å²) in [6, 6.07) is 6.52. The third-order valence-electron chi connectivity index (χ3n) is 3.55. The Labute approximate surface area is 151 Å². The molecule has 1 amide bonds. The first-order valence-electron chi connectivity index (χ1n) is 7.72. The lowest BCUT2D eigenvalue weighted by Gasteiger charge is -2.18. The molecule has 6 nitrogen and oxygen atoms in total. The maximum atomic E-state index is 12.5. The highest BCUT2D eigenvalue weighted by Gasteiger charge is 2.23. The van der Waals surface area contributed by atoms with Crippen molar-refractivity contribution in [3.05, 3.63) is 52.8 Å². The van der Waals surface area contributed by atoms with Crippen LogP contribution in [0.25, 0.3) is 0 Å². The Kier molecular flexibility index (Phi) is 6.36. The Morgan fingerprint density at radius 1 is 1.36 bits per heavy atom. The van der Waals surface area contributed by atoms with Gasteiger partial charge in [-0.3, -0.25) is 9.78 Å². The number of nitrogens with one attached hydrogen (secondary N) is 1. The average molecular weight is 363 g/mol. The van der Waals surface area contributed by atoms with E-state index in [0.717, 1.165) is 5.56 Å². The molecule has 1 aromatic heterocycles. The fourth-order valence-corrected chi connectivity index (χ4v) is 2.30. The van der Waals surface area contributed by atoms with Crippen LogP contribution in [0.15, 0.2) is 36.7 Å². The number of carbonyl (C=O) groups is 2. The van der Waals surface area contributed by atoms with Crippen molar-refractivity contribution in [2.75, 3.05) is 12.4 Å². The van der Waals surface area contributed by atoms with Crippen LogP contribution in [0, 0.1) is 6.92 Å². The number of pyridine rings is 1. The molecule has 0 fully saturated rings. The summed E-state index contributed by atoms with van der Waals surface area (Å²) in [7, 11) is 1.48. The van der Waals surface area contributed by atoms with Crippen molar-refractivity contribution in [3.8, 4) is 5.75 Å². The monoisotopic (exact) mass is 362 g/mol. The van der Waals surface area contributed by atoms with Crippen molar-refractivity contribution in [1.29, 1.82) is 0 Å². The third kappa shape index (κ3) is 4.70. The van der Waals surface area contributed by atoms with Crippen molar-refractivity contribution in [2.45, 2.75) is 26.4 Å². The number of hydrogen-bond donors (Lipinski definition) is 1. The van der Waals surface area contributed by atoms with Gasteiger partial charge in [0.1, 0.15) is 5.75 Å². The number of carbonyl (C=O) groups excluding carboxylic acids is 2. The molecule has 1 atom stereocenters. The van der Waals surface area contributed by atoms with Crippen LogP contribution in [-0.4, -0.2) is 30.1 Å². The van der Waals surface area contributed by atoms with Gasteiger partial charge in [-0.05, 0) is 37.1 Å². The summed E-state index contributed by atoms with van der Waals surface area (Å²) in [6.45, 7) is 3.57. The highest BCUT2D eigenvalue weighted by Crippen LogP contribution is 2.31. The van der Waals surface area contributed by atoms with Gasteiger partial charge in [-0.2, -0.15) is 0 Å². The van der Waals surface area contributed by atoms with Crippen molar-refractivity contribution >= 4 is 29.2 Å². The summed E-state index contributed by atoms with van der Waals surface area (Å²) in [5, 5.41) is 3.25. The molecule has 1 heterocycles. The number of nitrogens with zero attached hydrogens (tertiary/aromatic N) is 1. The van der Waals surface area contributed by atoms with Crippen molar-refractivity contribution in [2.24, 2.45) is 0 Å². The van der Waals surface area contributed by atoms with Crippen LogP contribution in [0.2, 0.25) is 5.02 Å². The lowest BCUT2D eigenvalue weighted by Crippen LogP contribution is -2.32. The maximum absolute atomic E-state index is 12.5. The molecule has 2 aromatic rings. The van der Waals surface area contributed by atoms with E-state index in [1.807, 2.05) is 6.92 Å². The molecular formula is C18H19ClN2O4. The first-order chi connectivity index (χ1) is 12.0. The zero-order valence-electron chi connectivity index (χ0n) is 14.2. The topological polar surface area (TPSA) is 77.5 Å². The van der Waals surface area contributed by atoms with E-state index < -0.39 is 18.0 Å². The van der Waals surface area contributed by atoms with Gasteiger partial charge in [-0.15, -0.1) is 0 Å². The van der Waals surface area contributed by atoms with Crippen LogP contribution < -0.4 is 10.1 Å². The Morgan fingerprint density at radius 2 is 2.12 bits per heavy atom. The van der Waals surface area contributed by atoms with Crippen LogP contribution in [0.4, 0.5) is 5.69 Å². The Morgan fingerprint density at radius 3 is 2.72 bits per heavy atom. The minimum Gasteiger partial charge on any atom is -0.495 e. The molecule has 25 heavy (non-hydrogen) atoms. The van der Waals surface area contributed by atoms with Crippen LogP contribution in [-0.2, 0) is 9.53 Å². The second-order valence-electron chi connectivity index (χ2n) is 5.33. The minimum atomic E-state index is -0.937. The Bertz CT molecular complexity index is 765. The van der Waals surface area contributed by atoms with E-state index in [1.165, 1.54) is 13.3 Å². The van der Waals surface area contributed by atoms with Crippen LogP contribution in [0.1, 0.15) is 29.3 Å². The van der Waals surface area contributed by atoms with Gasteiger partial charge in [0.25, 0.3) is 5.91 Å². The molecule has 2 rings (SSSR count). The molecule has 0 saturated carbocycles. The van der Waals surface area contributed by atoms with Gasteiger partial charge < -0.3 is 14.8 Å². The number of aryl methyl sites for hydroxylation is 1. The van der Waals surface area contributed by atoms with Crippen LogP contribution >= 0.6 is 11.6 Å². The molecular weight excluding hydrogens is 344 g/mol. The predicted molar refractivity (Wildman–Crippen MR) is 95.1 cm³/mol. The smallest absolute Gasteiger partial charge is 0.340 e. The number of anilines is 1. The van der Waals surface area contributed by atoms with Crippen molar-refractivity contribution in [1.82, 2.24) is 4.98 Å². The van der Waals surface area contributed by atoms with Gasteiger partial charge in [0, 0.05) is 23.5 Å². The largest absolute Gasteiger partial charge is 0.495 e. The molecule has 7 heteroatoms. The number of rotatable bonds is 6. The number of halogens is 1. The summed E-state index contributed by atoms with van der Waals surface area (Å²) in [5.41, 5.74) is 1.54. The third-order valence-corrected chi connectivity index (χ3v) is 3.96. The van der Waals surface area contributed by atoms with E-state index in [9.17, 15) is 9.59 Å². The van der Waals surface area contributed by atoms with Crippen molar-refractivity contribution < 1.29 is 19.1 Å². The van der Waals surface area contributed by atoms with E-state index in [-0.39, 0.29) is 5.56 Å². The molecule has 132 valence electrons. The van der Waals surface area contributed by atoms with Gasteiger partial charge >= 0.3 is 5.97 Å². The van der Waals surface area contributed by atoms with Gasteiger partial charge in [-0.1, -0.05) is 18.5 Å². The first-order valence-corrected chi connectivity index (χ1v) is 8.10. The molecule has 0 spiro atoms. The normalized spacial score (nSPS) is 11.5. The van der Waals surface area contributed by atoms with E-state index in [2.05, 4.69) is 10.3 Å². The molecule has 0 aliphatic rings. The molecule has 0 bridgehead atoms. The first kappa shape index (κ1) is 18.7. The molecule has 0 aliphatic carbocycles. The highest BCUT2D eigenvalue weighted by atomic mass is 35.5. The molecule has 0 aliphatic heterocycles. The average Bonchev–Trinajstić information content (AvgIpc) is 2.62. The number of hydrogen-bond acceptors (Lipinski definition) is 5. The number of aromatic nitrogens is 1. The Hall–Kier alpha value is -2.60. The van der Waals surface area contributed by atoms with Crippen molar-refractivity contribution in [3.63, 3.8) is 0 Å². The van der Waals surface area contributed by atoms with Gasteiger partial charge in [0.05, 0.1) is 18.4 Å². The molecule has 1 aromatic carbocycles. The minimum absolute atomic E-state index is 0.286. The van der Waals surface area contributed by atoms with Gasteiger partial charge in [0.15, 0.2) is 6.10 Å². The summed E-state index contributed by atoms with van der Waals surface area (Å²) in [5.74, 6) is -0.619. The molecule has 0 radical (unpaired) electrons. The standard InChI is InChI=1S/C18H19ClN2O4/c1-4-15(25-18(23)12-6-5-7-20-10-12)17(22)21-14-8-11(2)13(19)9-16(14)24-3/h5-10,15H,4H2,1-3H3,(H,21,22). The maximum Gasteiger partial charge on any atom is 0.340 e. The predicted octanol–water partition coefficient (Wildman–Crippen LogP) is 3.63. The highest BCUT2D eigenvalue weighted by molar-refractivity contribution is 6.31. The number of ether oxygens (including phenoxy) is 2. The van der Waals surface area contributed by atoms with E-state index in [4.69, 9.17) is 21.1 Å². The second-order valence-corrected chi connectivity index (χ2v) is 5.74. The van der Waals surface area contributed by atoms with Crippen LogP contribution in [0.5, 0.6) is 5.75 Å². The summed E-state index contributed by atoms with van der Waals surface area (Å²) in [4.78, 5) is 28.5. The van der Waals surface area contributed by atoms with E-state index >= 15 is 0 Å². The molecule has 0 saturated heterocycles. The summed E-state index contributed by atoms with van der Waals surface area (Å²) < 4.78 is 10.5. The second kappa shape index (κ2) is 8.48. The van der Waals surface area contributed by atoms with Gasteiger partial charge in [-0.25, -0.2) is 4.79 Å². The summed E-state index contributed by atoms with van der Waals surface area (Å²) in [6.07, 6.45) is 2.33. The molecule has 1 unspecified atom stereocenters. The number of amides is 1. The lowest BCUT2D eigenvalue weighted by molar-refractivity contribution is -0.124. The lowest BCUT2D eigenvalue weighted by atomic mass is 10.2. The van der Waals surface area contributed by atoms with E-state index in [0.29, 0.717) is 22.9 Å². The zero-order valence-corrected chi connectivity index (χ0v) is 15.0. The summed E-state index contributed by atoms with van der Waals surface area (Å²) >= 11 is 6.06. The fraction of sp³-hybridized carbons (Fsp3) is 0.278. The Balaban J connectivity index is 2.13. The number of benzene rings is 1. The molecule has 1 N–H and O–H groups in total. The quantitative estimate of drug-likeness (QED) is 0.794. The fourth-order valence-electron chi connectivity index (χ4n) is 2.15.